The number of aliphatic hydroxyl groups is 1. The van der Waals surface area contributed by atoms with Crippen LogP contribution in [0.25, 0.3) is 0 Å². The molecule has 0 aliphatic heterocycles. The van der Waals surface area contributed by atoms with E-state index in [9.17, 15) is 9.59 Å². The number of carbonyl (C=O) groups is 1. The maximum Gasteiger partial charge on any atom is 0.346 e. The lowest BCUT2D eigenvalue weighted by Gasteiger charge is -2.14. The van der Waals surface area contributed by atoms with E-state index in [0.29, 0.717) is 22.7 Å². The number of nitrogens with zero attached hydrogens (tertiary/aromatic N) is 1. The Bertz CT molecular complexity index is 487. The number of H-pyrrole nitrogens is 1. The number of hydrogen-bond acceptors (Lipinski definition) is 5. The van der Waals surface area contributed by atoms with Gasteiger partial charge < -0.3 is 15.4 Å². The molecule has 100 valence electrons. The van der Waals surface area contributed by atoms with Gasteiger partial charge in [-0.3, -0.25) is 4.79 Å². The van der Waals surface area contributed by atoms with Crippen LogP contribution in [0.1, 0.15) is 29.4 Å². The van der Waals surface area contributed by atoms with Crippen molar-refractivity contribution in [3.8, 4) is 0 Å². The second-order valence-corrected chi connectivity index (χ2v) is 4.73. The van der Waals surface area contributed by atoms with E-state index >= 15 is 0 Å². The van der Waals surface area contributed by atoms with Crippen molar-refractivity contribution in [1.82, 2.24) is 15.3 Å². The molecule has 0 aliphatic rings. The number of thioether (sulfide) groups is 1. The van der Waals surface area contributed by atoms with E-state index in [1.165, 1.54) is 11.8 Å². The van der Waals surface area contributed by atoms with Crippen LogP contribution in [0.4, 0.5) is 0 Å². The summed E-state index contributed by atoms with van der Waals surface area (Å²) in [4.78, 5) is 29.6. The van der Waals surface area contributed by atoms with Gasteiger partial charge in [0, 0.05) is 18.3 Å². The average Bonchev–Trinajstić information content (AvgIpc) is 2.27. The van der Waals surface area contributed by atoms with Crippen LogP contribution in [-0.4, -0.2) is 39.9 Å². The summed E-state index contributed by atoms with van der Waals surface area (Å²) in [5.41, 5.74) is 0.414. The molecule has 0 radical (unpaired) electrons. The quantitative estimate of drug-likeness (QED) is 0.529. The van der Waals surface area contributed by atoms with Gasteiger partial charge in [0.25, 0.3) is 5.91 Å². The minimum atomic E-state index is -0.461. The average molecular weight is 271 g/mol. The van der Waals surface area contributed by atoms with Gasteiger partial charge in [0.2, 0.25) is 0 Å². The van der Waals surface area contributed by atoms with Crippen LogP contribution in [0.3, 0.4) is 0 Å². The molecular weight excluding hydrogens is 254 g/mol. The van der Waals surface area contributed by atoms with Crippen molar-refractivity contribution in [1.29, 1.82) is 0 Å². The smallest absolute Gasteiger partial charge is 0.346 e. The van der Waals surface area contributed by atoms with Gasteiger partial charge >= 0.3 is 5.69 Å². The number of rotatable bonds is 5. The third kappa shape index (κ3) is 3.58. The lowest BCUT2D eigenvalue weighted by molar-refractivity contribution is 0.0929. The van der Waals surface area contributed by atoms with Gasteiger partial charge in [-0.25, -0.2) is 4.79 Å². The molecular formula is C11H17N3O3S. The largest absolute Gasteiger partial charge is 0.396 e. The molecule has 7 heteroatoms. The first-order valence-electron chi connectivity index (χ1n) is 5.56. The van der Waals surface area contributed by atoms with Gasteiger partial charge in [0.05, 0.1) is 5.56 Å². The highest BCUT2D eigenvalue weighted by atomic mass is 32.2. The molecule has 18 heavy (non-hydrogen) atoms. The highest BCUT2D eigenvalue weighted by molar-refractivity contribution is 7.98. The van der Waals surface area contributed by atoms with Gasteiger partial charge in [-0.2, -0.15) is 4.98 Å². The van der Waals surface area contributed by atoms with Crippen LogP contribution >= 0.6 is 11.8 Å². The monoisotopic (exact) mass is 271 g/mol. The molecule has 6 nitrogen and oxygen atoms in total. The third-order valence-corrected chi connectivity index (χ3v) is 3.13. The third-order valence-electron chi connectivity index (χ3n) is 2.45. The summed E-state index contributed by atoms with van der Waals surface area (Å²) in [7, 11) is 0. The number of nitrogens with one attached hydrogen (secondary N) is 2. The predicted octanol–water partition coefficient (Wildman–Crippen LogP) is 0.301. The first kappa shape index (κ1) is 14.7. The van der Waals surface area contributed by atoms with Gasteiger partial charge in [-0.1, -0.05) is 0 Å². The lowest BCUT2D eigenvalue weighted by Crippen LogP contribution is -2.35. The van der Waals surface area contributed by atoms with E-state index in [0.717, 1.165) is 0 Å². The lowest BCUT2D eigenvalue weighted by atomic mass is 10.2. The molecule has 1 amide bonds. The summed E-state index contributed by atoms with van der Waals surface area (Å²) in [6.07, 6.45) is 2.24. The van der Waals surface area contributed by atoms with Crippen molar-refractivity contribution in [2.75, 3.05) is 12.9 Å². The normalized spacial score (nSPS) is 12.2. The Labute approximate surface area is 109 Å². The molecule has 0 aliphatic carbocycles. The Morgan fingerprint density at radius 2 is 2.28 bits per heavy atom. The number of carbonyl (C=O) groups excluding carboxylic acids is 1. The number of aryl methyl sites for hydroxylation is 1. The number of aromatic nitrogens is 2. The Balaban J connectivity index is 3.01. The number of aromatic amines is 1. The van der Waals surface area contributed by atoms with E-state index in [-0.39, 0.29) is 18.6 Å². The summed E-state index contributed by atoms with van der Waals surface area (Å²) in [6.45, 7) is 3.48. The molecule has 0 saturated heterocycles. The van der Waals surface area contributed by atoms with Crippen molar-refractivity contribution in [3.05, 3.63) is 21.7 Å². The summed E-state index contributed by atoms with van der Waals surface area (Å²) in [5, 5.41) is 12.0. The topological polar surface area (TPSA) is 95.1 Å². The van der Waals surface area contributed by atoms with Crippen LogP contribution in [0, 0.1) is 6.92 Å². The van der Waals surface area contributed by atoms with Gasteiger partial charge in [0.15, 0.2) is 0 Å². The second-order valence-electron chi connectivity index (χ2n) is 3.94. The molecule has 1 atom stereocenters. The molecule has 0 saturated carbocycles. The molecule has 0 bridgehead atoms. The maximum absolute atomic E-state index is 12.1. The highest BCUT2D eigenvalue weighted by Gasteiger charge is 2.18. The molecule has 1 heterocycles. The fourth-order valence-electron chi connectivity index (χ4n) is 1.54. The molecule has 1 aromatic heterocycles. The zero-order valence-electron chi connectivity index (χ0n) is 10.6. The Hall–Kier alpha value is -1.34. The van der Waals surface area contributed by atoms with E-state index in [2.05, 4.69) is 15.3 Å². The molecule has 0 spiro atoms. The maximum atomic E-state index is 12.1. The second kappa shape index (κ2) is 6.55. The van der Waals surface area contributed by atoms with E-state index in [1.807, 2.05) is 0 Å². The summed E-state index contributed by atoms with van der Waals surface area (Å²) in [6, 6.07) is -0.136. The molecule has 0 fully saturated rings. The minimum Gasteiger partial charge on any atom is -0.396 e. The van der Waals surface area contributed by atoms with E-state index < -0.39 is 5.69 Å². The summed E-state index contributed by atoms with van der Waals surface area (Å²) < 4.78 is 0. The zero-order valence-corrected chi connectivity index (χ0v) is 11.4. The SMILES string of the molecule is CSc1nc(=O)[nH]c(C)c1C(=O)NC(C)CCO. The van der Waals surface area contributed by atoms with E-state index in [1.54, 1.807) is 20.1 Å². The van der Waals surface area contributed by atoms with Crippen molar-refractivity contribution in [2.24, 2.45) is 0 Å². The molecule has 1 rings (SSSR count). The molecule has 1 unspecified atom stereocenters. The Morgan fingerprint density at radius 3 is 2.83 bits per heavy atom. The zero-order chi connectivity index (χ0) is 13.7. The minimum absolute atomic E-state index is 0.0136. The van der Waals surface area contributed by atoms with Gasteiger partial charge in [-0.05, 0) is 26.5 Å². The summed E-state index contributed by atoms with van der Waals surface area (Å²) >= 11 is 1.25. The predicted molar refractivity (Wildman–Crippen MR) is 70.0 cm³/mol. The van der Waals surface area contributed by atoms with Gasteiger partial charge in [-0.15, -0.1) is 11.8 Å². The standard InChI is InChI=1S/C11H17N3O3S/c1-6(4-5-15)12-9(16)8-7(2)13-11(17)14-10(8)18-3/h6,15H,4-5H2,1-3H3,(H,12,16)(H,13,14,17). The molecule has 3 N–H and O–H groups in total. The fourth-order valence-corrected chi connectivity index (χ4v) is 2.16. The van der Waals surface area contributed by atoms with Crippen molar-refractivity contribution >= 4 is 17.7 Å². The van der Waals surface area contributed by atoms with Crippen molar-refractivity contribution < 1.29 is 9.90 Å². The number of hydrogen-bond donors (Lipinski definition) is 3. The number of amides is 1. The van der Waals surface area contributed by atoms with Crippen LogP contribution in [-0.2, 0) is 0 Å². The molecule has 0 aromatic carbocycles. The van der Waals surface area contributed by atoms with Crippen molar-refractivity contribution in [3.63, 3.8) is 0 Å². The van der Waals surface area contributed by atoms with Crippen LogP contribution in [0.15, 0.2) is 9.82 Å². The Kier molecular flexibility index (Phi) is 5.36. The summed E-state index contributed by atoms with van der Waals surface area (Å²) in [5.74, 6) is -0.290. The van der Waals surface area contributed by atoms with Crippen molar-refractivity contribution in [2.45, 2.75) is 31.3 Å². The number of aliphatic hydroxyl groups excluding tert-OH is 1. The first-order chi connectivity index (χ1) is 8.49. The first-order valence-corrected chi connectivity index (χ1v) is 6.78. The van der Waals surface area contributed by atoms with Crippen LogP contribution in [0.2, 0.25) is 0 Å². The van der Waals surface area contributed by atoms with E-state index in [4.69, 9.17) is 5.11 Å². The highest BCUT2D eigenvalue weighted by Crippen LogP contribution is 2.18. The van der Waals surface area contributed by atoms with Crippen LogP contribution in [0.5, 0.6) is 0 Å². The Morgan fingerprint density at radius 1 is 1.61 bits per heavy atom. The molecule has 1 aromatic rings. The fraction of sp³-hybridized carbons (Fsp3) is 0.545. The van der Waals surface area contributed by atoms with Gasteiger partial charge in [0.1, 0.15) is 5.03 Å². The van der Waals surface area contributed by atoms with Crippen LogP contribution < -0.4 is 11.0 Å².